The Hall–Kier alpha value is -2.71. The van der Waals surface area contributed by atoms with E-state index in [4.69, 9.17) is 0 Å². The van der Waals surface area contributed by atoms with Crippen molar-refractivity contribution in [3.8, 4) is 0 Å². The predicted octanol–water partition coefficient (Wildman–Crippen LogP) is 1.65. The molecule has 2 rings (SSSR count). The number of amides is 1. The lowest BCUT2D eigenvalue weighted by atomic mass is 10.1. The molecule has 0 atom stereocenters. The van der Waals surface area contributed by atoms with Crippen LogP contribution in [0.25, 0.3) is 0 Å². The first-order valence-corrected chi connectivity index (χ1v) is 9.17. The number of ether oxygens (including phenoxy) is 1. The van der Waals surface area contributed by atoms with Gasteiger partial charge in [-0.1, -0.05) is 12.1 Å². The van der Waals surface area contributed by atoms with E-state index in [1.807, 2.05) is 0 Å². The van der Waals surface area contributed by atoms with E-state index < -0.39 is 16.0 Å². The number of sulfonamides is 1. The Kier molecular flexibility index (Phi) is 6.12. The Morgan fingerprint density at radius 1 is 0.962 bits per heavy atom. The van der Waals surface area contributed by atoms with E-state index in [2.05, 4.69) is 10.1 Å². The molecule has 26 heavy (non-hydrogen) atoms. The molecule has 0 fully saturated rings. The number of nitrogens with one attached hydrogen (secondary N) is 1. The van der Waals surface area contributed by atoms with Gasteiger partial charge < -0.3 is 10.1 Å². The fraction of sp³-hybridized carbons (Fsp3) is 0.222. The molecule has 0 aromatic heterocycles. The number of benzene rings is 2. The minimum Gasteiger partial charge on any atom is -0.465 e. The summed E-state index contributed by atoms with van der Waals surface area (Å²) in [5.41, 5.74) is 1.60. The molecule has 138 valence electrons. The summed E-state index contributed by atoms with van der Waals surface area (Å²) in [6, 6.07) is 12.4. The number of methoxy groups -OCH3 is 1. The highest BCUT2D eigenvalue weighted by Crippen LogP contribution is 2.14. The van der Waals surface area contributed by atoms with Crippen LogP contribution in [0, 0.1) is 0 Å². The number of carbonyl (C=O) groups excluding carboxylic acids is 2. The maximum Gasteiger partial charge on any atom is 0.337 e. The second-order valence-corrected chi connectivity index (χ2v) is 7.83. The number of esters is 1. The molecule has 1 amide bonds. The van der Waals surface area contributed by atoms with Crippen molar-refractivity contribution >= 4 is 21.9 Å². The molecule has 0 radical (unpaired) electrons. The summed E-state index contributed by atoms with van der Waals surface area (Å²) in [5.74, 6) is -0.746. The van der Waals surface area contributed by atoms with Crippen LogP contribution in [0.1, 0.15) is 26.3 Å². The summed E-state index contributed by atoms with van der Waals surface area (Å²) >= 11 is 0. The van der Waals surface area contributed by atoms with E-state index in [0.717, 1.165) is 9.87 Å². The van der Waals surface area contributed by atoms with Gasteiger partial charge in [0, 0.05) is 26.2 Å². The zero-order valence-corrected chi connectivity index (χ0v) is 15.5. The van der Waals surface area contributed by atoms with Gasteiger partial charge in [0.05, 0.1) is 17.6 Å². The van der Waals surface area contributed by atoms with Gasteiger partial charge in [0.2, 0.25) is 10.0 Å². The normalized spacial score (nSPS) is 11.2. The molecular weight excluding hydrogens is 356 g/mol. The van der Waals surface area contributed by atoms with Crippen LogP contribution in [0.2, 0.25) is 0 Å². The molecule has 0 spiro atoms. The first-order chi connectivity index (χ1) is 12.3. The highest BCUT2D eigenvalue weighted by Gasteiger charge is 2.17. The van der Waals surface area contributed by atoms with Crippen LogP contribution in [0.4, 0.5) is 0 Å². The van der Waals surface area contributed by atoms with Crippen LogP contribution in [-0.2, 0) is 21.3 Å². The van der Waals surface area contributed by atoms with Crippen molar-refractivity contribution < 1.29 is 22.7 Å². The van der Waals surface area contributed by atoms with Gasteiger partial charge in [0.1, 0.15) is 0 Å². The Bertz CT molecular complexity index is 888. The van der Waals surface area contributed by atoms with Gasteiger partial charge in [-0.05, 0) is 42.0 Å². The van der Waals surface area contributed by atoms with Crippen LogP contribution in [0.3, 0.4) is 0 Å². The Balaban J connectivity index is 2.01. The molecule has 0 saturated carbocycles. The highest BCUT2D eigenvalue weighted by molar-refractivity contribution is 7.89. The third-order valence-corrected chi connectivity index (χ3v) is 5.55. The van der Waals surface area contributed by atoms with Crippen LogP contribution >= 0.6 is 0 Å². The summed E-state index contributed by atoms with van der Waals surface area (Å²) in [6.45, 7) is 0.276. The van der Waals surface area contributed by atoms with Crippen LogP contribution in [-0.4, -0.2) is 45.8 Å². The number of nitrogens with zero attached hydrogens (tertiary/aromatic N) is 1. The number of hydrogen-bond acceptors (Lipinski definition) is 5. The molecule has 7 nitrogen and oxygen atoms in total. The topological polar surface area (TPSA) is 92.8 Å². The fourth-order valence-electron chi connectivity index (χ4n) is 2.15. The SMILES string of the molecule is COC(=O)c1ccc(CNC(=O)c2ccc(S(=O)(=O)N(C)C)cc2)cc1. The van der Waals surface area contributed by atoms with Gasteiger partial charge >= 0.3 is 5.97 Å². The standard InChI is InChI=1S/C18H20N2O5S/c1-20(2)26(23,24)16-10-8-14(9-11-16)17(21)19-12-13-4-6-15(7-5-13)18(22)25-3/h4-11H,12H2,1-3H3,(H,19,21). The van der Waals surface area contributed by atoms with E-state index in [0.29, 0.717) is 11.1 Å². The third kappa shape index (κ3) is 4.47. The monoisotopic (exact) mass is 376 g/mol. The van der Waals surface area contributed by atoms with Crippen LogP contribution in [0.15, 0.2) is 53.4 Å². The van der Waals surface area contributed by atoms with Crippen LogP contribution < -0.4 is 5.32 Å². The number of hydrogen-bond donors (Lipinski definition) is 1. The molecule has 1 N–H and O–H groups in total. The van der Waals surface area contributed by atoms with Gasteiger partial charge in [-0.2, -0.15) is 0 Å². The van der Waals surface area contributed by atoms with Gasteiger partial charge in [-0.15, -0.1) is 0 Å². The van der Waals surface area contributed by atoms with Crippen molar-refractivity contribution in [1.82, 2.24) is 9.62 Å². The van der Waals surface area contributed by atoms with Gasteiger partial charge in [-0.25, -0.2) is 17.5 Å². The molecule has 0 bridgehead atoms. The lowest BCUT2D eigenvalue weighted by Gasteiger charge is -2.11. The molecule has 0 aliphatic heterocycles. The zero-order valence-electron chi connectivity index (χ0n) is 14.7. The van der Waals surface area contributed by atoms with Crippen molar-refractivity contribution in [2.24, 2.45) is 0 Å². The maximum atomic E-state index is 12.2. The average molecular weight is 376 g/mol. The molecule has 0 saturated heterocycles. The first-order valence-electron chi connectivity index (χ1n) is 7.73. The largest absolute Gasteiger partial charge is 0.465 e. The Morgan fingerprint density at radius 3 is 2.00 bits per heavy atom. The third-order valence-electron chi connectivity index (χ3n) is 3.72. The maximum absolute atomic E-state index is 12.2. The fourth-order valence-corrected chi connectivity index (χ4v) is 3.05. The van der Waals surface area contributed by atoms with Crippen molar-refractivity contribution in [3.63, 3.8) is 0 Å². The molecule has 8 heteroatoms. The second kappa shape index (κ2) is 8.11. The summed E-state index contributed by atoms with van der Waals surface area (Å²) in [5, 5.41) is 2.74. The summed E-state index contributed by atoms with van der Waals surface area (Å²) < 4.78 is 29.8. The lowest BCUT2D eigenvalue weighted by Crippen LogP contribution is -2.24. The van der Waals surface area contributed by atoms with E-state index in [1.165, 1.54) is 45.5 Å². The van der Waals surface area contributed by atoms with E-state index in [1.54, 1.807) is 24.3 Å². The minimum atomic E-state index is -3.52. The summed E-state index contributed by atoms with van der Waals surface area (Å²) in [4.78, 5) is 23.7. The van der Waals surface area contributed by atoms with E-state index >= 15 is 0 Å². The first kappa shape index (κ1) is 19.6. The van der Waals surface area contributed by atoms with Crippen molar-refractivity contribution in [3.05, 3.63) is 65.2 Å². The Morgan fingerprint density at radius 2 is 1.50 bits per heavy atom. The molecule has 2 aromatic carbocycles. The lowest BCUT2D eigenvalue weighted by molar-refractivity contribution is 0.0600. The molecule has 0 unspecified atom stereocenters. The molecule has 0 heterocycles. The summed E-state index contributed by atoms with van der Waals surface area (Å²) in [6.07, 6.45) is 0. The van der Waals surface area contributed by atoms with Crippen molar-refractivity contribution in [2.45, 2.75) is 11.4 Å². The van der Waals surface area contributed by atoms with E-state index in [-0.39, 0.29) is 17.3 Å². The number of rotatable bonds is 6. The smallest absolute Gasteiger partial charge is 0.337 e. The van der Waals surface area contributed by atoms with Gasteiger partial charge in [-0.3, -0.25) is 4.79 Å². The van der Waals surface area contributed by atoms with Crippen molar-refractivity contribution in [1.29, 1.82) is 0 Å². The molecular formula is C18H20N2O5S. The quantitative estimate of drug-likeness (QED) is 0.774. The van der Waals surface area contributed by atoms with Crippen LogP contribution in [0.5, 0.6) is 0 Å². The minimum absolute atomic E-state index is 0.123. The van der Waals surface area contributed by atoms with Crippen molar-refractivity contribution in [2.75, 3.05) is 21.2 Å². The highest BCUT2D eigenvalue weighted by atomic mass is 32.2. The summed E-state index contributed by atoms with van der Waals surface area (Å²) in [7, 11) is 0.679. The van der Waals surface area contributed by atoms with Gasteiger partial charge in [0.15, 0.2) is 0 Å². The Labute approximate surface area is 152 Å². The molecule has 0 aliphatic rings. The second-order valence-electron chi connectivity index (χ2n) is 5.68. The predicted molar refractivity (Wildman–Crippen MR) is 96.3 cm³/mol. The number of carbonyl (C=O) groups is 2. The molecule has 2 aromatic rings. The zero-order chi connectivity index (χ0) is 19.3. The average Bonchev–Trinajstić information content (AvgIpc) is 2.65. The van der Waals surface area contributed by atoms with E-state index in [9.17, 15) is 18.0 Å². The van der Waals surface area contributed by atoms with Gasteiger partial charge in [0.25, 0.3) is 5.91 Å². The molecule has 0 aliphatic carbocycles.